The fourth-order valence-corrected chi connectivity index (χ4v) is 2.67. The van der Waals surface area contributed by atoms with Gasteiger partial charge in [0.1, 0.15) is 0 Å². The minimum Gasteiger partial charge on any atom is -0.475 e. The van der Waals surface area contributed by atoms with Crippen LogP contribution in [0.25, 0.3) is 16.8 Å². The molecular weight excluding hydrogens is 431 g/mol. The highest BCUT2D eigenvalue weighted by atomic mass is 19.4. The molecule has 12 heteroatoms. The number of alkyl halides is 3. The first kappa shape index (κ1) is 22.7. The number of carboxylic acids is 1. The highest BCUT2D eigenvalue weighted by Gasteiger charge is 2.38. The Morgan fingerprint density at radius 3 is 2.59 bits per heavy atom. The normalized spacial score (nSPS) is 12.2. The number of rotatable bonds is 5. The van der Waals surface area contributed by atoms with Crippen molar-refractivity contribution in [2.75, 3.05) is 0 Å². The molecule has 1 unspecified atom stereocenters. The van der Waals surface area contributed by atoms with E-state index >= 15 is 0 Å². The van der Waals surface area contributed by atoms with E-state index in [-0.39, 0.29) is 6.04 Å². The van der Waals surface area contributed by atoms with Crippen molar-refractivity contribution < 1.29 is 27.5 Å². The van der Waals surface area contributed by atoms with Crippen LogP contribution in [0, 0.1) is 0 Å². The molecule has 0 saturated heterocycles. The summed E-state index contributed by atoms with van der Waals surface area (Å²) >= 11 is 0. The number of nitrogens with one attached hydrogen (secondary N) is 2. The van der Waals surface area contributed by atoms with Gasteiger partial charge in [-0.25, -0.2) is 9.59 Å². The van der Waals surface area contributed by atoms with Crippen molar-refractivity contribution in [2.24, 2.45) is 0 Å². The van der Waals surface area contributed by atoms with Gasteiger partial charge in [-0.15, -0.1) is 0 Å². The average Bonchev–Trinajstić information content (AvgIpc) is 3.37. The molecule has 0 radical (unpaired) electrons. The molecule has 3 N–H and O–H groups in total. The Balaban J connectivity index is 0.000000360. The van der Waals surface area contributed by atoms with Crippen LogP contribution in [-0.4, -0.2) is 37.2 Å². The Morgan fingerprint density at radius 2 is 1.94 bits per heavy atom. The van der Waals surface area contributed by atoms with E-state index in [2.05, 4.69) is 20.5 Å². The van der Waals surface area contributed by atoms with Crippen LogP contribution < -0.4 is 11.1 Å². The van der Waals surface area contributed by atoms with Crippen LogP contribution in [0.2, 0.25) is 0 Å². The Bertz CT molecular complexity index is 1250. The number of nitrogens with zero attached hydrogens (tertiary/aromatic N) is 3. The number of carboxylic acid groups (broad SMARTS) is 1. The number of aliphatic carboxylic acids is 1. The molecule has 0 spiro atoms. The smallest absolute Gasteiger partial charge is 0.475 e. The molecule has 0 fully saturated rings. The predicted octanol–water partition coefficient (Wildman–Crippen LogP) is 3.19. The molecule has 4 aromatic rings. The zero-order valence-electron chi connectivity index (χ0n) is 16.6. The molecule has 2 aromatic heterocycles. The first-order valence-electron chi connectivity index (χ1n) is 9.26. The maximum atomic E-state index is 11.2. The lowest BCUT2D eigenvalue weighted by Gasteiger charge is -2.12. The van der Waals surface area contributed by atoms with Crippen molar-refractivity contribution in [3.05, 3.63) is 76.5 Å². The average molecular weight is 449 g/mol. The van der Waals surface area contributed by atoms with Gasteiger partial charge in [0.25, 0.3) is 0 Å². The first-order valence-corrected chi connectivity index (χ1v) is 9.26. The van der Waals surface area contributed by atoms with Crippen molar-refractivity contribution in [1.82, 2.24) is 25.3 Å². The van der Waals surface area contributed by atoms with E-state index in [1.54, 1.807) is 11.0 Å². The van der Waals surface area contributed by atoms with E-state index in [1.807, 2.05) is 55.5 Å². The Morgan fingerprint density at radius 1 is 1.25 bits per heavy atom. The van der Waals surface area contributed by atoms with E-state index < -0.39 is 17.9 Å². The van der Waals surface area contributed by atoms with Crippen LogP contribution >= 0.6 is 0 Å². The second kappa shape index (κ2) is 9.47. The van der Waals surface area contributed by atoms with Gasteiger partial charge in [-0.2, -0.15) is 28.2 Å². The van der Waals surface area contributed by atoms with Crippen molar-refractivity contribution in [1.29, 1.82) is 0 Å². The van der Waals surface area contributed by atoms with Gasteiger partial charge in [0, 0.05) is 12.6 Å². The maximum Gasteiger partial charge on any atom is 0.490 e. The van der Waals surface area contributed by atoms with Gasteiger partial charge in [0.15, 0.2) is 5.58 Å². The second-order valence-electron chi connectivity index (χ2n) is 6.64. The van der Waals surface area contributed by atoms with Crippen LogP contribution in [0.15, 0.2) is 63.9 Å². The van der Waals surface area contributed by atoms with Crippen molar-refractivity contribution in [3.8, 4) is 5.69 Å². The lowest BCUT2D eigenvalue weighted by molar-refractivity contribution is -0.192. The van der Waals surface area contributed by atoms with E-state index in [1.165, 1.54) is 0 Å². The monoisotopic (exact) mass is 449 g/mol. The second-order valence-corrected chi connectivity index (χ2v) is 6.64. The minimum atomic E-state index is -5.08. The van der Waals surface area contributed by atoms with Crippen LogP contribution in [0.4, 0.5) is 13.2 Å². The van der Waals surface area contributed by atoms with E-state index in [0.717, 1.165) is 16.9 Å². The number of H-pyrrole nitrogens is 1. The predicted molar refractivity (Wildman–Crippen MR) is 107 cm³/mol. The molecular formula is C20H18F3N5O4. The van der Waals surface area contributed by atoms with Crippen LogP contribution in [0.3, 0.4) is 0 Å². The van der Waals surface area contributed by atoms with Crippen molar-refractivity contribution in [2.45, 2.75) is 25.7 Å². The SMILES string of the molecule is CC(NCc1cnn(-c2ccccc2)n1)c1ccc2[nH]c(=O)oc2c1.O=C(O)C(F)(F)F. The Labute approximate surface area is 178 Å². The van der Waals surface area contributed by atoms with Gasteiger partial charge in [0.2, 0.25) is 0 Å². The lowest BCUT2D eigenvalue weighted by atomic mass is 10.1. The topological polar surface area (TPSA) is 126 Å². The Kier molecular flexibility index (Phi) is 6.73. The van der Waals surface area contributed by atoms with Gasteiger partial charge >= 0.3 is 17.9 Å². The number of fused-ring (bicyclic) bond motifs is 1. The number of halogens is 3. The highest BCUT2D eigenvalue weighted by Crippen LogP contribution is 2.18. The molecule has 0 aliphatic rings. The quantitative estimate of drug-likeness (QED) is 0.427. The summed E-state index contributed by atoms with van der Waals surface area (Å²) < 4.78 is 36.8. The number of aromatic nitrogens is 4. The molecule has 4 rings (SSSR count). The third-order valence-corrected chi connectivity index (χ3v) is 4.30. The summed E-state index contributed by atoms with van der Waals surface area (Å²) in [5, 5.41) is 19.3. The molecule has 0 bridgehead atoms. The van der Waals surface area contributed by atoms with Crippen molar-refractivity contribution >= 4 is 17.1 Å². The number of carbonyl (C=O) groups is 1. The zero-order chi connectivity index (χ0) is 23.3. The molecule has 0 amide bonds. The number of para-hydroxylation sites is 1. The highest BCUT2D eigenvalue weighted by molar-refractivity contribution is 5.73. The summed E-state index contributed by atoms with van der Waals surface area (Å²) in [6.07, 6.45) is -3.33. The Hall–Kier alpha value is -3.93. The van der Waals surface area contributed by atoms with E-state index in [4.69, 9.17) is 14.3 Å². The van der Waals surface area contributed by atoms with E-state index in [0.29, 0.717) is 17.6 Å². The summed E-state index contributed by atoms with van der Waals surface area (Å²) in [6.45, 7) is 2.64. The van der Waals surface area contributed by atoms with Gasteiger partial charge in [-0.1, -0.05) is 24.3 Å². The summed E-state index contributed by atoms with van der Waals surface area (Å²) in [5.74, 6) is -3.20. The molecule has 2 aromatic carbocycles. The molecule has 1 atom stereocenters. The zero-order valence-corrected chi connectivity index (χ0v) is 16.6. The lowest BCUT2D eigenvalue weighted by Crippen LogP contribution is -2.21. The van der Waals surface area contributed by atoms with Gasteiger partial charge in [0.05, 0.1) is 23.1 Å². The molecule has 2 heterocycles. The molecule has 0 aliphatic heterocycles. The number of oxazole rings is 1. The van der Waals surface area contributed by atoms with Crippen molar-refractivity contribution in [3.63, 3.8) is 0 Å². The molecule has 9 nitrogen and oxygen atoms in total. The summed E-state index contributed by atoms with van der Waals surface area (Å²) in [4.78, 5) is 24.4. The summed E-state index contributed by atoms with van der Waals surface area (Å²) in [6, 6.07) is 15.5. The van der Waals surface area contributed by atoms with Crippen LogP contribution in [-0.2, 0) is 11.3 Å². The largest absolute Gasteiger partial charge is 0.490 e. The van der Waals surface area contributed by atoms with Gasteiger partial charge in [-0.3, -0.25) is 4.98 Å². The third-order valence-electron chi connectivity index (χ3n) is 4.30. The minimum absolute atomic E-state index is 0.0754. The van der Waals surface area contributed by atoms with Crippen LogP contribution in [0.5, 0.6) is 0 Å². The maximum absolute atomic E-state index is 11.2. The molecule has 168 valence electrons. The molecule has 0 saturated carbocycles. The summed E-state index contributed by atoms with van der Waals surface area (Å²) in [5.41, 5.74) is 4.07. The first-order chi connectivity index (χ1) is 15.1. The fraction of sp³-hybridized carbons (Fsp3) is 0.200. The molecule has 0 aliphatic carbocycles. The molecule has 32 heavy (non-hydrogen) atoms. The fourth-order valence-electron chi connectivity index (χ4n) is 2.67. The van der Waals surface area contributed by atoms with Crippen LogP contribution in [0.1, 0.15) is 24.2 Å². The van der Waals surface area contributed by atoms with E-state index in [9.17, 15) is 18.0 Å². The van der Waals surface area contributed by atoms with Gasteiger partial charge < -0.3 is 14.8 Å². The number of hydrogen-bond acceptors (Lipinski definition) is 6. The summed E-state index contributed by atoms with van der Waals surface area (Å²) in [7, 11) is 0. The number of benzene rings is 2. The van der Waals surface area contributed by atoms with Gasteiger partial charge in [-0.05, 0) is 36.8 Å². The number of aromatic amines is 1. The third kappa shape index (κ3) is 5.82. The number of hydrogen-bond donors (Lipinski definition) is 3. The standard InChI is InChI=1S/C18H17N5O2.C2HF3O2/c1-12(13-7-8-16-17(9-13)25-18(24)21-16)19-10-14-11-20-23(22-14)15-5-3-2-4-6-15;3-2(4,5)1(6)7/h2-9,11-12,19H,10H2,1H3,(H,21,24);(H,6,7).